The minimum absolute atomic E-state index is 0.207. The predicted molar refractivity (Wildman–Crippen MR) is 268 cm³/mol. The van der Waals surface area contributed by atoms with E-state index in [1.165, 1.54) is 82.7 Å². The van der Waals surface area contributed by atoms with Crippen LogP contribution < -0.4 is 19.7 Å². The minimum Gasteiger partial charge on any atom is -0.489 e. The van der Waals surface area contributed by atoms with Gasteiger partial charge in [0.2, 0.25) is 11.4 Å². The Kier molecular flexibility index (Phi) is 12.1. The summed E-state index contributed by atoms with van der Waals surface area (Å²) in [4.78, 5) is 2.49. The summed E-state index contributed by atoms with van der Waals surface area (Å²) in [5.41, 5.74) is 14.2. The number of halogens is 4. The lowest BCUT2D eigenvalue weighted by Crippen LogP contribution is -2.18. The highest BCUT2D eigenvalue weighted by Gasteiger charge is 2.36. The lowest BCUT2D eigenvalue weighted by Gasteiger charge is -2.28. The van der Waals surface area contributed by atoms with Crippen LogP contribution in [0, 0.1) is 0 Å². The normalized spacial score (nSPS) is 18.4. The van der Waals surface area contributed by atoms with Gasteiger partial charge in [-0.15, -0.1) is 0 Å². The summed E-state index contributed by atoms with van der Waals surface area (Å²) in [6.45, 7) is 10.9. The molecule has 3 aliphatic heterocycles. The molecule has 0 N–H and O–H groups in total. The smallest absolute Gasteiger partial charge is 0.489 e. The zero-order valence-corrected chi connectivity index (χ0v) is 38.7. The van der Waals surface area contributed by atoms with Crippen LogP contribution in [-0.4, -0.2) is 40.9 Å². The minimum atomic E-state index is -6.00. The molecule has 0 saturated heterocycles. The van der Waals surface area contributed by atoms with Crippen LogP contribution >= 0.6 is 0 Å². The van der Waals surface area contributed by atoms with Crippen molar-refractivity contribution < 1.29 is 31.3 Å². The van der Waals surface area contributed by atoms with Gasteiger partial charge in [-0.2, -0.15) is 4.58 Å². The third-order valence-corrected chi connectivity index (χ3v) is 13.6. The predicted octanol–water partition coefficient (Wildman–Crippen LogP) is 14.5. The number of aryl methyl sites for hydroxylation is 1. The zero-order valence-electron chi connectivity index (χ0n) is 38.7. The topological polar surface area (TPSA) is 29.6 Å². The number of hydrogen-bond acceptors (Lipinski definition) is 3. The summed E-state index contributed by atoms with van der Waals surface area (Å²) >= 11 is 0. The monoisotopic (exact) mass is 901 g/mol. The van der Waals surface area contributed by atoms with Crippen molar-refractivity contribution in [1.29, 1.82) is 0 Å². The average molecular weight is 902 g/mol. The Morgan fingerprint density at radius 1 is 0.687 bits per heavy atom. The molecule has 0 spiro atoms. The fourth-order valence-electron chi connectivity index (χ4n) is 10.8. The van der Waals surface area contributed by atoms with Crippen LogP contribution in [0.25, 0.3) is 38.5 Å². The molecule has 4 aliphatic rings. The SMILES string of the molecule is CCCCn1/c(=C/C=C2CCC(/C=C/C3=[N+](CCCC)c4cc5c(c6cccc3c46)O[C@H](C)C5)=C2N(c2ccccc2)c2ccccc2)c2cccc3c4c(cc1c32)C[C@H](C)O4.F[B-](F)(F)F. The second-order valence-electron chi connectivity index (χ2n) is 18.3. The summed E-state index contributed by atoms with van der Waals surface area (Å²) in [5, 5.41) is 7.71. The molecule has 0 amide bonds. The maximum atomic E-state index is 9.75. The Bertz CT molecular complexity index is 3160. The largest absolute Gasteiger partial charge is 0.673 e. The highest BCUT2D eigenvalue weighted by Crippen LogP contribution is 2.47. The highest BCUT2D eigenvalue weighted by molar-refractivity contribution is 6.50. The molecule has 342 valence electrons. The van der Waals surface area contributed by atoms with Gasteiger partial charge in [-0.25, -0.2) is 0 Å². The van der Waals surface area contributed by atoms with Crippen LogP contribution in [0.4, 0.5) is 34.3 Å². The van der Waals surface area contributed by atoms with Gasteiger partial charge in [-0.3, -0.25) is 0 Å². The van der Waals surface area contributed by atoms with E-state index in [1.54, 1.807) is 0 Å². The second kappa shape index (κ2) is 18.3. The number of unbranched alkanes of at least 4 members (excludes halogenated alkanes) is 2. The Balaban J connectivity index is 0.000000999. The molecule has 4 heterocycles. The van der Waals surface area contributed by atoms with Gasteiger partial charge in [-0.1, -0.05) is 106 Å². The Morgan fingerprint density at radius 3 is 1.93 bits per heavy atom. The Morgan fingerprint density at radius 2 is 1.28 bits per heavy atom. The molecule has 1 aromatic heterocycles. The van der Waals surface area contributed by atoms with Crippen LogP contribution in [0.5, 0.6) is 11.5 Å². The van der Waals surface area contributed by atoms with E-state index in [9.17, 15) is 17.3 Å². The van der Waals surface area contributed by atoms with Gasteiger partial charge >= 0.3 is 7.25 Å². The van der Waals surface area contributed by atoms with Crippen LogP contribution in [0.1, 0.15) is 82.9 Å². The van der Waals surface area contributed by atoms with Gasteiger partial charge in [0.25, 0.3) is 0 Å². The molecule has 6 aromatic carbocycles. The molecule has 67 heavy (non-hydrogen) atoms. The number of para-hydroxylation sites is 2. The number of benzene rings is 6. The first-order valence-electron chi connectivity index (χ1n) is 24.0. The van der Waals surface area contributed by atoms with Crippen molar-refractivity contribution in [3.63, 3.8) is 0 Å². The van der Waals surface area contributed by atoms with Gasteiger partial charge in [0.1, 0.15) is 30.3 Å². The molecule has 0 fully saturated rings. The van der Waals surface area contributed by atoms with Crippen molar-refractivity contribution in [2.75, 3.05) is 11.4 Å². The number of fused-ring (bicyclic) bond motifs is 4. The molecule has 7 aromatic rings. The molecule has 0 saturated carbocycles. The molecule has 2 atom stereocenters. The summed E-state index contributed by atoms with van der Waals surface area (Å²) in [6.07, 6.45) is 18.5. The van der Waals surface area contributed by atoms with Crippen LogP contribution in [0.3, 0.4) is 0 Å². The van der Waals surface area contributed by atoms with Crippen molar-refractivity contribution in [3.8, 4) is 11.5 Å². The lowest BCUT2D eigenvalue weighted by atomic mass is 9.98. The van der Waals surface area contributed by atoms with Gasteiger partial charge in [0.15, 0.2) is 0 Å². The second-order valence-corrected chi connectivity index (χ2v) is 18.3. The number of rotatable bonds is 12. The van der Waals surface area contributed by atoms with Crippen molar-refractivity contribution in [1.82, 2.24) is 4.57 Å². The fourth-order valence-corrected chi connectivity index (χ4v) is 10.8. The van der Waals surface area contributed by atoms with Gasteiger partial charge < -0.3 is 36.2 Å². The number of anilines is 2. The lowest BCUT2D eigenvalue weighted by molar-refractivity contribution is -0.436. The quantitative estimate of drug-likeness (QED) is 0.0695. The molecule has 0 unspecified atom stereocenters. The molecular formula is C57H56BF4N3O2. The zero-order chi connectivity index (χ0) is 46.4. The maximum absolute atomic E-state index is 9.75. The number of hydrogen-bond donors (Lipinski definition) is 0. The molecule has 0 bridgehead atoms. The third-order valence-electron chi connectivity index (χ3n) is 13.6. The molecule has 0 radical (unpaired) electrons. The van der Waals surface area contributed by atoms with E-state index >= 15 is 0 Å². The molecule has 11 rings (SSSR count). The van der Waals surface area contributed by atoms with E-state index in [1.807, 2.05) is 0 Å². The van der Waals surface area contributed by atoms with Gasteiger partial charge in [0.05, 0.1) is 22.2 Å². The standard InChI is InChI=1S/C57H56N3O2.BF4/c1-5-7-31-58-49(45-21-15-23-47-53(45)51(58)35-41-33-37(3)61-56(41)47)29-27-39-25-26-40(55(39)60(43-17-11-9-12-18-43)44-19-13-10-14-20-44)28-30-50-46-22-16-24-48-54(46)52(59(50)32-8-6-2)36-42-34-38(4)62-57(42)48;2-1(3,4)5/h9-24,27-30,35-38H,5-8,25-26,31-34H2,1-4H3;/q+1;-1/t37-,38+;. The Hall–Kier alpha value is -6.55. The molecule has 5 nitrogen and oxygen atoms in total. The third kappa shape index (κ3) is 8.44. The number of allylic oxidation sites excluding steroid dienone is 5. The maximum Gasteiger partial charge on any atom is 0.673 e. The van der Waals surface area contributed by atoms with E-state index in [0.717, 1.165) is 87.3 Å². The van der Waals surface area contributed by atoms with Crippen LogP contribution in [0.2, 0.25) is 0 Å². The number of nitrogens with zero attached hydrogens (tertiary/aromatic N) is 3. The van der Waals surface area contributed by atoms with Crippen molar-refractivity contribution >= 4 is 68.6 Å². The van der Waals surface area contributed by atoms with Gasteiger partial charge in [0, 0.05) is 87.3 Å². The summed E-state index contributed by atoms with van der Waals surface area (Å²) < 4.78 is 57.1. The average Bonchev–Trinajstić information content (AvgIpc) is 4.13. The van der Waals surface area contributed by atoms with E-state index < -0.39 is 7.25 Å². The van der Waals surface area contributed by atoms with E-state index in [4.69, 9.17) is 9.47 Å². The highest BCUT2D eigenvalue weighted by atomic mass is 19.5. The number of aromatic nitrogens is 1. The molecule has 10 heteroatoms. The molecular weight excluding hydrogens is 845 g/mol. The van der Waals surface area contributed by atoms with Crippen molar-refractivity contribution in [3.05, 3.63) is 166 Å². The van der Waals surface area contributed by atoms with Crippen molar-refractivity contribution in [2.45, 2.75) is 97.8 Å². The van der Waals surface area contributed by atoms with E-state index in [0.29, 0.717) is 0 Å². The van der Waals surface area contributed by atoms with Crippen molar-refractivity contribution in [2.24, 2.45) is 0 Å². The summed E-state index contributed by atoms with van der Waals surface area (Å²) in [6, 6.07) is 40.3. The summed E-state index contributed by atoms with van der Waals surface area (Å²) in [7, 11) is -6.00. The van der Waals surface area contributed by atoms with Crippen LogP contribution in [0.15, 0.2) is 144 Å². The first kappa shape index (κ1) is 44.3. The first-order valence-corrected chi connectivity index (χ1v) is 24.0. The number of ether oxygens (including phenoxy) is 2. The van der Waals surface area contributed by atoms with Crippen LogP contribution in [-0.2, 0) is 19.4 Å². The van der Waals surface area contributed by atoms with Gasteiger partial charge in [-0.05, 0) is 86.7 Å². The van der Waals surface area contributed by atoms with E-state index in [-0.39, 0.29) is 12.2 Å². The Labute approximate surface area is 390 Å². The fraction of sp³-hybridized carbons (Fsp3) is 0.281. The van der Waals surface area contributed by atoms with E-state index in [2.05, 4.69) is 175 Å². The first-order chi connectivity index (χ1) is 32.5. The summed E-state index contributed by atoms with van der Waals surface area (Å²) in [5.74, 6) is 2.15. The molecule has 1 aliphatic carbocycles.